The highest BCUT2D eigenvalue weighted by atomic mass is 16.6. The molecule has 6 atom stereocenters. The molecule has 12 nitrogen and oxygen atoms in total. The molecule has 2 saturated heterocycles. The van der Waals surface area contributed by atoms with Crippen molar-refractivity contribution in [1.82, 2.24) is 15.1 Å². The van der Waals surface area contributed by atoms with Gasteiger partial charge in [-0.05, 0) is 65.2 Å². The summed E-state index contributed by atoms with van der Waals surface area (Å²) in [5, 5.41) is 13.5. The summed E-state index contributed by atoms with van der Waals surface area (Å²) in [5.41, 5.74) is 2.13. The number of rotatable bonds is 12. The SMILES string of the molecule is C=CCNC(=O)[C@H]1[C@@H]2C(=O)O[C@@H](c3ccccc3)[C@@H](c3ccccc3)N2[C@@H](c2ccc(O)cc2)[C@]12C(=O)N(C(=O)OCCOC)c1ccc(C#CCN(C)Cc3ccccc3)cc12. The van der Waals surface area contributed by atoms with Gasteiger partial charge in [0.05, 0.1) is 36.8 Å². The minimum Gasteiger partial charge on any atom is -0.508 e. The number of carbonyl (C=O) groups is 4. The van der Waals surface area contributed by atoms with Gasteiger partial charge in [-0.1, -0.05) is 121 Å². The van der Waals surface area contributed by atoms with Crippen molar-refractivity contribution in [3.63, 3.8) is 0 Å². The maximum absolute atomic E-state index is 16.1. The van der Waals surface area contributed by atoms with E-state index in [1.54, 1.807) is 30.3 Å². The first-order valence-electron chi connectivity index (χ1n) is 20.8. The quantitative estimate of drug-likeness (QED) is 0.0610. The first-order chi connectivity index (χ1) is 30.7. The fourth-order valence-corrected chi connectivity index (χ4v) is 9.41. The second-order valence-electron chi connectivity index (χ2n) is 15.8. The van der Waals surface area contributed by atoms with Crippen LogP contribution in [0.5, 0.6) is 5.75 Å². The number of amides is 3. The standard InChI is InChI=1S/C51H48N4O8/c1-4-28-52-47(57)42-44-48(58)63-45(37-20-12-7-13-21-37)43(36-18-10-6-11-19-36)55(44)46(38-23-25-39(56)26-24-38)51(42)40-32-34(17-14-29-53(2)33-35-15-8-5-9-16-35)22-27-41(40)54(49(51)59)50(60)62-31-30-61-3/h4-13,15-16,18-27,32,42-46,56H,1,28-31,33H2,2-3H3,(H,52,57)/t42-,43-,44-,45+,46+,51-/m1/s1. The van der Waals surface area contributed by atoms with Gasteiger partial charge in [0.25, 0.3) is 0 Å². The molecular formula is C51H48N4O8. The summed E-state index contributed by atoms with van der Waals surface area (Å²) in [6.07, 6.45) is -0.348. The van der Waals surface area contributed by atoms with Crippen LogP contribution < -0.4 is 10.2 Å². The molecule has 3 aliphatic rings. The molecule has 320 valence electrons. The van der Waals surface area contributed by atoms with Crippen LogP contribution in [0.3, 0.4) is 0 Å². The zero-order valence-corrected chi connectivity index (χ0v) is 35.1. The Balaban J connectivity index is 1.38. The number of anilines is 1. The number of aromatic hydroxyl groups is 1. The van der Waals surface area contributed by atoms with Crippen molar-refractivity contribution in [2.75, 3.05) is 45.4 Å². The summed E-state index contributed by atoms with van der Waals surface area (Å²) in [4.78, 5) is 65.5. The minimum absolute atomic E-state index is 0.0254. The number of cyclic esters (lactones) is 1. The number of nitrogens with zero attached hydrogens (tertiary/aromatic N) is 3. The molecule has 5 aromatic rings. The molecule has 3 aliphatic heterocycles. The summed E-state index contributed by atoms with van der Waals surface area (Å²) in [5.74, 6) is 2.91. The van der Waals surface area contributed by atoms with E-state index < -0.39 is 59.4 Å². The largest absolute Gasteiger partial charge is 0.508 e. The van der Waals surface area contributed by atoms with Gasteiger partial charge in [0.2, 0.25) is 11.8 Å². The van der Waals surface area contributed by atoms with Gasteiger partial charge in [0, 0.05) is 25.8 Å². The molecule has 3 heterocycles. The Morgan fingerprint density at radius 3 is 2.21 bits per heavy atom. The maximum atomic E-state index is 16.1. The van der Waals surface area contributed by atoms with Gasteiger partial charge in [-0.3, -0.25) is 24.2 Å². The number of nitrogens with one attached hydrogen (secondary N) is 1. The highest BCUT2D eigenvalue weighted by Gasteiger charge is 2.75. The molecule has 0 aliphatic carbocycles. The van der Waals surface area contributed by atoms with E-state index in [0.29, 0.717) is 35.3 Å². The van der Waals surface area contributed by atoms with Gasteiger partial charge in [-0.25, -0.2) is 9.69 Å². The Morgan fingerprint density at radius 2 is 1.54 bits per heavy atom. The van der Waals surface area contributed by atoms with Gasteiger partial charge in [0.1, 0.15) is 29.9 Å². The molecule has 5 aromatic carbocycles. The number of carbonyl (C=O) groups excluding carboxylic acids is 4. The lowest BCUT2D eigenvalue weighted by atomic mass is 9.65. The monoisotopic (exact) mass is 844 g/mol. The summed E-state index contributed by atoms with van der Waals surface area (Å²) < 4.78 is 17.3. The maximum Gasteiger partial charge on any atom is 0.421 e. The molecule has 0 saturated carbocycles. The first-order valence-corrected chi connectivity index (χ1v) is 20.8. The number of hydrogen-bond acceptors (Lipinski definition) is 10. The molecule has 0 aromatic heterocycles. The Kier molecular flexibility index (Phi) is 12.5. The Bertz CT molecular complexity index is 2540. The van der Waals surface area contributed by atoms with Gasteiger partial charge >= 0.3 is 12.1 Å². The van der Waals surface area contributed by atoms with E-state index in [1.165, 1.54) is 25.3 Å². The number of morpholine rings is 1. The lowest BCUT2D eigenvalue weighted by Crippen LogP contribution is -2.55. The van der Waals surface area contributed by atoms with Crippen molar-refractivity contribution in [2.24, 2.45) is 5.92 Å². The van der Waals surface area contributed by atoms with Crippen LogP contribution in [0, 0.1) is 17.8 Å². The highest BCUT2D eigenvalue weighted by Crippen LogP contribution is 2.66. The van der Waals surface area contributed by atoms with Crippen molar-refractivity contribution < 1.29 is 38.5 Å². The van der Waals surface area contributed by atoms with E-state index in [4.69, 9.17) is 14.2 Å². The van der Waals surface area contributed by atoms with Crippen LogP contribution in [-0.2, 0) is 40.6 Å². The summed E-state index contributed by atoms with van der Waals surface area (Å²) in [6.45, 7) is 4.84. The number of phenolic OH excluding ortho intramolecular Hbond substituents is 1. The van der Waals surface area contributed by atoms with E-state index in [2.05, 4.69) is 40.8 Å². The molecule has 0 radical (unpaired) electrons. The highest BCUT2D eigenvalue weighted by molar-refractivity contribution is 6.23. The van der Waals surface area contributed by atoms with E-state index in [1.807, 2.05) is 90.8 Å². The van der Waals surface area contributed by atoms with Crippen LogP contribution >= 0.6 is 0 Å². The van der Waals surface area contributed by atoms with Crippen LogP contribution in [0.2, 0.25) is 0 Å². The Morgan fingerprint density at radius 1 is 0.873 bits per heavy atom. The van der Waals surface area contributed by atoms with E-state index in [9.17, 15) is 9.90 Å². The molecule has 8 rings (SSSR count). The number of phenols is 1. The third-order valence-corrected chi connectivity index (χ3v) is 11.9. The zero-order chi connectivity index (χ0) is 44.1. The van der Waals surface area contributed by atoms with Crippen molar-refractivity contribution in [3.8, 4) is 17.6 Å². The number of hydrogen-bond donors (Lipinski definition) is 2. The minimum atomic E-state index is -1.98. The lowest BCUT2D eigenvalue weighted by molar-refractivity contribution is -0.178. The topological polar surface area (TPSA) is 138 Å². The summed E-state index contributed by atoms with van der Waals surface area (Å²) in [7, 11) is 3.44. The average molecular weight is 845 g/mol. The molecule has 1 spiro atoms. The normalized spacial score (nSPS) is 22.5. The fourth-order valence-electron chi connectivity index (χ4n) is 9.41. The summed E-state index contributed by atoms with van der Waals surface area (Å²) >= 11 is 0. The smallest absolute Gasteiger partial charge is 0.421 e. The molecule has 3 amide bonds. The second-order valence-corrected chi connectivity index (χ2v) is 15.8. The number of fused-ring (bicyclic) bond motifs is 3. The number of benzene rings is 5. The second kappa shape index (κ2) is 18.5. The molecular weight excluding hydrogens is 797 g/mol. The molecule has 2 fully saturated rings. The Hall–Kier alpha value is -7.04. The van der Waals surface area contributed by atoms with Gasteiger partial charge in [0.15, 0.2) is 0 Å². The van der Waals surface area contributed by atoms with E-state index >= 15 is 14.4 Å². The van der Waals surface area contributed by atoms with Gasteiger partial charge in [-0.15, -0.1) is 6.58 Å². The predicted molar refractivity (Wildman–Crippen MR) is 236 cm³/mol. The molecule has 0 unspecified atom stereocenters. The zero-order valence-electron chi connectivity index (χ0n) is 35.1. The van der Waals surface area contributed by atoms with Crippen LogP contribution in [0.15, 0.2) is 146 Å². The van der Waals surface area contributed by atoms with Crippen LogP contribution in [0.25, 0.3) is 0 Å². The molecule has 12 heteroatoms. The van der Waals surface area contributed by atoms with Crippen LogP contribution in [-0.4, -0.2) is 85.3 Å². The van der Waals surface area contributed by atoms with Crippen molar-refractivity contribution >= 4 is 29.6 Å². The van der Waals surface area contributed by atoms with Gasteiger partial charge < -0.3 is 24.6 Å². The molecule has 63 heavy (non-hydrogen) atoms. The van der Waals surface area contributed by atoms with Crippen molar-refractivity contribution in [1.29, 1.82) is 0 Å². The third kappa shape index (κ3) is 7.98. The lowest BCUT2D eigenvalue weighted by Gasteiger charge is -2.46. The van der Waals surface area contributed by atoms with E-state index in [0.717, 1.165) is 16.0 Å². The number of ether oxygens (including phenoxy) is 3. The van der Waals surface area contributed by atoms with Crippen molar-refractivity contribution in [3.05, 3.63) is 179 Å². The number of methoxy groups -OCH3 is 1. The summed E-state index contributed by atoms with van der Waals surface area (Å²) in [6, 6.07) is 37.1. The number of esters is 1. The number of imide groups is 1. The average Bonchev–Trinajstić information content (AvgIpc) is 3.75. The van der Waals surface area contributed by atoms with Gasteiger partial charge in [-0.2, -0.15) is 0 Å². The van der Waals surface area contributed by atoms with Crippen molar-refractivity contribution in [2.45, 2.75) is 36.2 Å². The van der Waals surface area contributed by atoms with Crippen LogP contribution in [0.1, 0.15) is 51.6 Å². The Labute approximate surface area is 366 Å². The predicted octanol–water partition coefficient (Wildman–Crippen LogP) is 6.63. The fraction of sp³-hybridized carbons (Fsp3) is 0.255. The van der Waals surface area contributed by atoms with E-state index in [-0.39, 0.29) is 31.2 Å². The van der Waals surface area contributed by atoms with Crippen LogP contribution in [0.4, 0.5) is 10.5 Å². The molecule has 0 bridgehead atoms. The third-order valence-electron chi connectivity index (χ3n) is 11.9. The first kappa shape index (κ1) is 42.6. The molecule has 2 N–H and O–H groups in total.